The first kappa shape index (κ1) is 23.8. The number of ether oxygens (including phenoxy) is 1. The van der Waals surface area contributed by atoms with Gasteiger partial charge in [-0.2, -0.15) is 0 Å². The number of rotatable bonds is 8. The van der Waals surface area contributed by atoms with Gasteiger partial charge in [0.2, 0.25) is 5.91 Å². The van der Waals surface area contributed by atoms with Crippen LogP contribution in [0.5, 0.6) is 0 Å². The van der Waals surface area contributed by atoms with E-state index in [4.69, 9.17) is 4.74 Å². The maximum Gasteiger partial charge on any atom is 0.407 e. The summed E-state index contributed by atoms with van der Waals surface area (Å²) in [6.07, 6.45) is 2.08. The van der Waals surface area contributed by atoms with Gasteiger partial charge < -0.3 is 20.5 Å². The summed E-state index contributed by atoms with van der Waals surface area (Å²) in [5, 5.41) is 14.8. The molecule has 0 radical (unpaired) electrons. The van der Waals surface area contributed by atoms with E-state index >= 15 is 0 Å². The van der Waals surface area contributed by atoms with Crippen molar-refractivity contribution in [2.45, 2.75) is 57.5 Å². The number of alkyl carbamates (subject to hydrolysis) is 1. The molecule has 0 bridgehead atoms. The summed E-state index contributed by atoms with van der Waals surface area (Å²) in [4.78, 5) is 36.1. The molecule has 1 saturated carbocycles. The lowest BCUT2D eigenvalue weighted by atomic mass is 9.98. The minimum atomic E-state index is -1.02. The van der Waals surface area contributed by atoms with Gasteiger partial charge in [-0.05, 0) is 53.4 Å². The van der Waals surface area contributed by atoms with Crippen LogP contribution in [-0.2, 0) is 14.3 Å². The van der Waals surface area contributed by atoms with E-state index in [0.717, 1.165) is 12.8 Å². The summed E-state index contributed by atoms with van der Waals surface area (Å²) < 4.78 is 5.63. The first-order valence-electron chi connectivity index (χ1n) is 12.0. The number of nitrogens with one attached hydrogen (secondary N) is 2. The van der Waals surface area contributed by atoms with E-state index in [1.54, 1.807) is 13.8 Å². The first-order chi connectivity index (χ1) is 16.3. The number of carboxylic acids is 1. The molecular formula is C27H32N2O5. The van der Waals surface area contributed by atoms with E-state index in [-0.39, 0.29) is 42.7 Å². The molecule has 2 amide bonds. The van der Waals surface area contributed by atoms with Crippen molar-refractivity contribution in [3.8, 4) is 11.1 Å². The molecule has 0 aromatic heterocycles. The van der Waals surface area contributed by atoms with E-state index in [1.807, 2.05) is 24.3 Å². The Labute approximate surface area is 199 Å². The third kappa shape index (κ3) is 5.24. The molecule has 0 spiro atoms. The number of carbonyl (C=O) groups is 3. The number of amides is 2. The number of fused-ring (bicyclic) bond motifs is 3. The van der Waals surface area contributed by atoms with Crippen molar-refractivity contribution in [2.24, 2.45) is 11.8 Å². The molecule has 2 aliphatic carbocycles. The van der Waals surface area contributed by atoms with E-state index < -0.39 is 18.1 Å². The summed E-state index contributed by atoms with van der Waals surface area (Å²) in [7, 11) is 0. The Morgan fingerprint density at radius 3 is 2.21 bits per heavy atom. The van der Waals surface area contributed by atoms with Gasteiger partial charge in [-0.3, -0.25) is 4.79 Å². The van der Waals surface area contributed by atoms with Crippen molar-refractivity contribution in [3.05, 3.63) is 59.7 Å². The van der Waals surface area contributed by atoms with E-state index in [2.05, 4.69) is 34.9 Å². The zero-order valence-corrected chi connectivity index (χ0v) is 19.6. The minimum Gasteiger partial charge on any atom is -0.480 e. The van der Waals surface area contributed by atoms with Gasteiger partial charge in [-0.25, -0.2) is 9.59 Å². The van der Waals surface area contributed by atoms with Crippen LogP contribution >= 0.6 is 0 Å². The second kappa shape index (κ2) is 10.3. The predicted molar refractivity (Wildman–Crippen MR) is 128 cm³/mol. The molecule has 3 N–H and O–H groups in total. The smallest absolute Gasteiger partial charge is 0.407 e. The molecule has 0 saturated heterocycles. The zero-order chi connectivity index (χ0) is 24.2. The minimum absolute atomic E-state index is 0.0151. The van der Waals surface area contributed by atoms with Gasteiger partial charge in [-0.15, -0.1) is 0 Å². The van der Waals surface area contributed by atoms with Gasteiger partial charge in [0.05, 0.1) is 0 Å². The summed E-state index contributed by atoms with van der Waals surface area (Å²) in [5.41, 5.74) is 4.72. The van der Waals surface area contributed by atoms with Crippen LogP contribution in [0.4, 0.5) is 4.79 Å². The van der Waals surface area contributed by atoms with Gasteiger partial charge in [0.25, 0.3) is 0 Å². The fraction of sp³-hybridized carbons (Fsp3) is 0.444. The third-order valence-electron chi connectivity index (χ3n) is 6.93. The Morgan fingerprint density at radius 2 is 1.62 bits per heavy atom. The maximum atomic E-state index is 12.5. The highest BCUT2D eigenvalue weighted by Gasteiger charge is 2.32. The van der Waals surface area contributed by atoms with E-state index in [9.17, 15) is 19.5 Å². The first-order valence-corrected chi connectivity index (χ1v) is 12.0. The zero-order valence-electron chi connectivity index (χ0n) is 19.6. The van der Waals surface area contributed by atoms with Gasteiger partial charge in [-0.1, -0.05) is 62.4 Å². The molecule has 0 unspecified atom stereocenters. The lowest BCUT2D eigenvalue weighted by molar-refractivity contribution is -0.143. The Bertz CT molecular complexity index is 1020. The van der Waals surface area contributed by atoms with Crippen LogP contribution in [0.2, 0.25) is 0 Å². The monoisotopic (exact) mass is 464 g/mol. The Morgan fingerprint density at radius 1 is 1.00 bits per heavy atom. The van der Waals surface area contributed by atoms with Gasteiger partial charge >= 0.3 is 12.1 Å². The van der Waals surface area contributed by atoms with Crippen LogP contribution in [0, 0.1) is 11.8 Å². The van der Waals surface area contributed by atoms with Crippen molar-refractivity contribution in [1.29, 1.82) is 0 Å². The molecule has 7 heteroatoms. The van der Waals surface area contributed by atoms with Crippen molar-refractivity contribution < 1.29 is 24.2 Å². The molecule has 3 atom stereocenters. The quantitative estimate of drug-likeness (QED) is 0.540. The molecule has 0 aliphatic heterocycles. The Balaban J connectivity index is 1.26. The standard InChI is InChI=1S/C27H32N2O5/c1-16(2)25(26(31)32)29-24(30)14-17-11-12-18(13-17)28-27(33)34-15-23-21-9-5-3-7-19(21)20-8-4-6-10-22(20)23/h3-10,16-18,23,25H,11-15H2,1-2H3,(H,28,33)(H,29,30)(H,31,32)/t17-,18+,25+/m1/s1. The number of hydrogen-bond donors (Lipinski definition) is 3. The van der Waals surface area contributed by atoms with Crippen molar-refractivity contribution in [2.75, 3.05) is 6.61 Å². The summed E-state index contributed by atoms with van der Waals surface area (Å²) in [6, 6.07) is 15.5. The van der Waals surface area contributed by atoms with Crippen molar-refractivity contribution in [1.82, 2.24) is 10.6 Å². The van der Waals surface area contributed by atoms with Gasteiger partial charge in [0.1, 0.15) is 12.6 Å². The predicted octanol–water partition coefficient (Wildman–Crippen LogP) is 4.31. The SMILES string of the molecule is CC(C)[C@H](NC(=O)C[C@@H]1CC[C@H](NC(=O)OCC2c3ccccc3-c3ccccc32)C1)C(=O)O. The molecule has 0 heterocycles. The fourth-order valence-electron chi connectivity index (χ4n) is 5.21. The second-order valence-corrected chi connectivity index (χ2v) is 9.68. The number of benzene rings is 2. The van der Waals surface area contributed by atoms with Crippen LogP contribution < -0.4 is 10.6 Å². The molecule has 2 aromatic carbocycles. The molecule has 34 heavy (non-hydrogen) atoms. The van der Waals surface area contributed by atoms with Crippen LogP contribution in [-0.4, -0.2) is 41.8 Å². The topological polar surface area (TPSA) is 105 Å². The summed E-state index contributed by atoms with van der Waals surface area (Å²) in [6.45, 7) is 3.80. The van der Waals surface area contributed by atoms with Crippen molar-refractivity contribution in [3.63, 3.8) is 0 Å². The number of aliphatic carboxylic acids is 1. The average molecular weight is 465 g/mol. The average Bonchev–Trinajstić information content (AvgIpc) is 3.37. The third-order valence-corrected chi connectivity index (χ3v) is 6.93. The molecule has 2 aliphatic rings. The molecule has 2 aromatic rings. The highest BCUT2D eigenvalue weighted by atomic mass is 16.5. The van der Waals surface area contributed by atoms with Crippen LogP contribution in [0.25, 0.3) is 11.1 Å². The van der Waals surface area contributed by atoms with Crippen molar-refractivity contribution >= 4 is 18.0 Å². The largest absolute Gasteiger partial charge is 0.480 e. The maximum absolute atomic E-state index is 12.5. The number of carboxylic acid groups (broad SMARTS) is 1. The number of hydrogen-bond acceptors (Lipinski definition) is 4. The normalized spacial score (nSPS) is 19.9. The van der Waals surface area contributed by atoms with E-state index in [1.165, 1.54) is 22.3 Å². The lowest BCUT2D eigenvalue weighted by Crippen LogP contribution is -2.44. The summed E-state index contributed by atoms with van der Waals surface area (Å²) >= 11 is 0. The lowest BCUT2D eigenvalue weighted by Gasteiger charge is -2.19. The van der Waals surface area contributed by atoms with Crippen LogP contribution in [0.15, 0.2) is 48.5 Å². The number of carbonyl (C=O) groups excluding carboxylic acids is 2. The molecule has 7 nitrogen and oxygen atoms in total. The highest BCUT2D eigenvalue weighted by molar-refractivity contribution is 5.84. The van der Waals surface area contributed by atoms with E-state index in [0.29, 0.717) is 6.42 Å². The van der Waals surface area contributed by atoms with Gasteiger partial charge in [0.15, 0.2) is 0 Å². The molecule has 180 valence electrons. The Kier molecular flexibility index (Phi) is 7.20. The van der Waals surface area contributed by atoms with Crippen LogP contribution in [0.3, 0.4) is 0 Å². The molecule has 1 fully saturated rings. The second-order valence-electron chi connectivity index (χ2n) is 9.68. The molecular weight excluding hydrogens is 432 g/mol. The highest BCUT2D eigenvalue weighted by Crippen LogP contribution is 2.44. The Hall–Kier alpha value is -3.35. The molecule has 4 rings (SSSR count). The van der Waals surface area contributed by atoms with Gasteiger partial charge in [0, 0.05) is 18.4 Å². The fourth-order valence-corrected chi connectivity index (χ4v) is 5.21. The van der Waals surface area contributed by atoms with Crippen LogP contribution in [0.1, 0.15) is 56.6 Å². The summed E-state index contributed by atoms with van der Waals surface area (Å²) in [5.74, 6) is -1.34.